The summed E-state index contributed by atoms with van der Waals surface area (Å²) in [7, 11) is 1.99. The van der Waals surface area contributed by atoms with E-state index in [4.69, 9.17) is 4.98 Å². The maximum absolute atomic E-state index is 4.75. The van der Waals surface area contributed by atoms with E-state index in [2.05, 4.69) is 35.4 Å². The standard InChI is InChI=1S/C15H21N3/c1-10(16-2)12-7-8-13-14(9-12)18-15(17-13)11-5-3-4-6-11/h7-11,16H,3-6H2,1-2H3,(H,17,18). The lowest BCUT2D eigenvalue weighted by Gasteiger charge is -2.09. The summed E-state index contributed by atoms with van der Waals surface area (Å²) in [6.45, 7) is 2.18. The molecule has 18 heavy (non-hydrogen) atoms. The molecule has 1 heterocycles. The molecule has 1 aromatic carbocycles. The van der Waals surface area contributed by atoms with Crippen LogP contribution in [0, 0.1) is 0 Å². The minimum atomic E-state index is 0.382. The molecule has 2 aromatic rings. The molecule has 1 saturated carbocycles. The van der Waals surface area contributed by atoms with Crippen LogP contribution in [0.1, 0.15) is 56.0 Å². The highest BCUT2D eigenvalue weighted by Crippen LogP contribution is 2.33. The highest BCUT2D eigenvalue weighted by Gasteiger charge is 2.20. The van der Waals surface area contributed by atoms with Crippen molar-refractivity contribution >= 4 is 11.0 Å². The van der Waals surface area contributed by atoms with Gasteiger partial charge in [0.25, 0.3) is 0 Å². The fraction of sp³-hybridized carbons (Fsp3) is 0.533. The van der Waals surface area contributed by atoms with Crippen LogP contribution in [0.25, 0.3) is 11.0 Å². The second-order valence-corrected chi connectivity index (χ2v) is 5.39. The molecule has 3 rings (SSSR count). The average Bonchev–Trinajstić information content (AvgIpc) is 3.04. The predicted molar refractivity (Wildman–Crippen MR) is 74.8 cm³/mol. The number of rotatable bonds is 3. The Bertz CT molecular complexity index is 538. The molecule has 0 bridgehead atoms. The third kappa shape index (κ3) is 2.03. The van der Waals surface area contributed by atoms with E-state index in [1.807, 2.05) is 7.05 Å². The van der Waals surface area contributed by atoms with Crippen molar-refractivity contribution in [2.24, 2.45) is 0 Å². The van der Waals surface area contributed by atoms with E-state index >= 15 is 0 Å². The minimum absolute atomic E-state index is 0.382. The van der Waals surface area contributed by atoms with Crippen LogP contribution in [0.4, 0.5) is 0 Å². The number of hydrogen-bond acceptors (Lipinski definition) is 2. The van der Waals surface area contributed by atoms with Gasteiger partial charge in [0.05, 0.1) is 11.0 Å². The third-order valence-corrected chi connectivity index (χ3v) is 4.20. The van der Waals surface area contributed by atoms with E-state index in [-0.39, 0.29) is 0 Å². The van der Waals surface area contributed by atoms with Crippen molar-refractivity contribution in [3.8, 4) is 0 Å². The molecule has 3 heteroatoms. The number of aromatic nitrogens is 2. The fourth-order valence-corrected chi connectivity index (χ4v) is 2.88. The summed E-state index contributed by atoms with van der Waals surface area (Å²) in [6, 6.07) is 6.91. The van der Waals surface area contributed by atoms with E-state index in [1.54, 1.807) is 0 Å². The Morgan fingerprint density at radius 3 is 2.83 bits per heavy atom. The lowest BCUT2D eigenvalue weighted by atomic mass is 10.1. The first kappa shape index (κ1) is 11.7. The summed E-state index contributed by atoms with van der Waals surface area (Å²) in [5, 5.41) is 3.27. The second-order valence-electron chi connectivity index (χ2n) is 5.39. The van der Waals surface area contributed by atoms with Gasteiger partial charge in [-0.2, -0.15) is 0 Å². The van der Waals surface area contributed by atoms with E-state index in [0.29, 0.717) is 12.0 Å². The molecule has 0 saturated heterocycles. The summed E-state index contributed by atoms with van der Waals surface area (Å²) in [5.74, 6) is 1.85. The molecule has 0 radical (unpaired) electrons. The van der Waals surface area contributed by atoms with E-state index < -0.39 is 0 Å². The van der Waals surface area contributed by atoms with Crippen molar-refractivity contribution in [3.63, 3.8) is 0 Å². The number of nitrogens with zero attached hydrogens (tertiary/aromatic N) is 1. The van der Waals surface area contributed by atoms with Gasteiger partial charge in [0, 0.05) is 12.0 Å². The van der Waals surface area contributed by atoms with Crippen molar-refractivity contribution in [1.82, 2.24) is 15.3 Å². The molecule has 96 valence electrons. The normalized spacial score (nSPS) is 18.6. The molecule has 1 aliphatic rings. The second kappa shape index (κ2) is 4.73. The molecule has 1 aliphatic carbocycles. The Labute approximate surface area is 108 Å². The van der Waals surface area contributed by atoms with Gasteiger partial charge in [-0.1, -0.05) is 18.9 Å². The van der Waals surface area contributed by atoms with Crippen LogP contribution in [-0.2, 0) is 0 Å². The molecule has 0 spiro atoms. The number of benzene rings is 1. The Hall–Kier alpha value is -1.35. The van der Waals surface area contributed by atoms with E-state index in [1.165, 1.54) is 42.6 Å². The van der Waals surface area contributed by atoms with Crippen LogP contribution >= 0.6 is 0 Å². The molecular formula is C15H21N3. The molecule has 3 nitrogen and oxygen atoms in total. The van der Waals surface area contributed by atoms with Crippen LogP contribution in [-0.4, -0.2) is 17.0 Å². The Morgan fingerprint density at radius 1 is 1.33 bits per heavy atom. The van der Waals surface area contributed by atoms with Crippen molar-refractivity contribution in [3.05, 3.63) is 29.6 Å². The van der Waals surface area contributed by atoms with Crippen LogP contribution in [0.15, 0.2) is 18.2 Å². The number of H-pyrrole nitrogens is 1. The third-order valence-electron chi connectivity index (χ3n) is 4.20. The van der Waals surface area contributed by atoms with Crippen molar-refractivity contribution < 1.29 is 0 Å². The SMILES string of the molecule is CNC(C)c1ccc2nc(C3CCCC3)[nH]c2c1. The van der Waals surface area contributed by atoms with Crippen LogP contribution < -0.4 is 5.32 Å². The van der Waals surface area contributed by atoms with Crippen molar-refractivity contribution in [1.29, 1.82) is 0 Å². The first-order valence-corrected chi connectivity index (χ1v) is 6.95. The van der Waals surface area contributed by atoms with Gasteiger partial charge >= 0.3 is 0 Å². The summed E-state index contributed by atoms with van der Waals surface area (Å²) in [5.41, 5.74) is 3.59. The highest BCUT2D eigenvalue weighted by atomic mass is 14.9. The van der Waals surface area contributed by atoms with Gasteiger partial charge in [0.1, 0.15) is 5.82 Å². The largest absolute Gasteiger partial charge is 0.342 e. The first-order chi connectivity index (χ1) is 8.78. The molecular weight excluding hydrogens is 222 g/mol. The average molecular weight is 243 g/mol. The van der Waals surface area contributed by atoms with Gasteiger partial charge in [0.2, 0.25) is 0 Å². The molecule has 1 unspecified atom stereocenters. The van der Waals surface area contributed by atoms with Crippen LogP contribution in [0.5, 0.6) is 0 Å². The highest BCUT2D eigenvalue weighted by molar-refractivity contribution is 5.76. The van der Waals surface area contributed by atoms with Gasteiger partial charge < -0.3 is 10.3 Å². The number of fused-ring (bicyclic) bond motifs is 1. The van der Waals surface area contributed by atoms with Crippen LogP contribution in [0.2, 0.25) is 0 Å². The Morgan fingerprint density at radius 2 is 2.11 bits per heavy atom. The van der Waals surface area contributed by atoms with Gasteiger partial charge in [-0.15, -0.1) is 0 Å². The van der Waals surface area contributed by atoms with Gasteiger partial charge in [-0.3, -0.25) is 0 Å². The fourth-order valence-electron chi connectivity index (χ4n) is 2.88. The van der Waals surface area contributed by atoms with Crippen molar-refractivity contribution in [2.75, 3.05) is 7.05 Å². The minimum Gasteiger partial charge on any atom is -0.342 e. The zero-order valence-corrected chi connectivity index (χ0v) is 11.2. The summed E-state index contributed by atoms with van der Waals surface area (Å²) < 4.78 is 0. The van der Waals surface area contributed by atoms with Gasteiger partial charge in [0.15, 0.2) is 0 Å². The Kier molecular flexibility index (Phi) is 3.08. The maximum atomic E-state index is 4.75. The smallest absolute Gasteiger partial charge is 0.110 e. The van der Waals surface area contributed by atoms with Crippen molar-refractivity contribution in [2.45, 2.75) is 44.6 Å². The summed E-state index contributed by atoms with van der Waals surface area (Å²) >= 11 is 0. The van der Waals surface area contributed by atoms with Gasteiger partial charge in [-0.25, -0.2) is 4.98 Å². The lowest BCUT2D eigenvalue weighted by Crippen LogP contribution is -2.11. The summed E-state index contributed by atoms with van der Waals surface area (Å²) in [6.07, 6.45) is 5.28. The predicted octanol–water partition coefficient (Wildman–Crippen LogP) is 3.50. The molecule has 2 N–H and O–H groups in total. The van der Waals surface area contributed by atoms with E-state index in [9.17, 15) is 0 Å². The molecule has 1 fully saturated rings. The number of aromatic amines is 1. The molecule has 0 amide bonds. The molecule has 1 aromatic heterocycles. The maximum Gasteiger partial charge on any atom is 0.110 e. The van der Waals surface area contributed by atoms with Crippen LogP contribution in [0.3, 0.4) is 0 Å². The first-order valence-electron chi connectivity index (χ1n) is 6.95. The van der Waals surface area contributed by atoms with Gasteiger partial charge in [-0.05, 0) is 44.5 Å². The molecule has 0 aliphatic heterocycles. The quantitative estimate of drug-likeness (QED) is 0.866. The molecule has 1 atom stereocenters. The monoisotopic (exact) mass is 243 g/mol. The topological polar surface area (TPSA) is 40.7 Å². The lowest BCUT2D eigenvalue weighted by molar-refractivity contribution is 0.653. The summed E-state index contributed by atoms with van der Waals surface area (Å²) in [4.78, 5) is 8.26. The zero-order chi connectivity index (χ0) is 12.5. The number of hydrogen-bond donors (Lipinski definition) is 2. The number of nitrogens with one attached hydrogen (secondary N) is 2. The number of imidazole rings is 1. The zero-order valence-electron chi connectivity index (χ0n) is 11.2. The van der Waals surface area contributed by atoms with E-state index in [0.717, 1.165) is 5.52 Å². The Balaban J connectivity index is 1.96.